The molecule has 27 heavy (non-hydrogen) atoms. The Kier molecular flexibility index (Phi) is 5.45. The van der Waals surface area contributed by atoms with Gasteiger partial charge in [0.2, 0.25) is 0 Å². The summed E-state index contributed by atoms with van der Waals surface area (Å²) in [5.41, 5.74) is 3.82. The lowest BCUT2D eigenvalue weighted by Crippen LogP contribution is -2.45. The molecule has 1 heterocycles. The zero-order valence-corrected chi connectivity index (χ0v) is 15.7. The van der Waals surface area contributed by atoms with E-state index in [4.69, 9.17) is 4.74 Å². The fourth-order valence-electron chi connectivity index (χ4n) is 3.11. The van der Waals surface area contributed by atoms with Gasteiger partial charge in [-0.15, -0.1) is 0 Å². The molecule has 3 rings (SSSR count). The van der Waals surface area contributed by atoms with E-state index < -0.39 is 12.0 Å². The van der Waals surface area contributed by atoms with Gasteiger partial charge in [-0.1, -0.05) is 30.3 Å². The highest BCUT2D eigenvalue weighted by molar-refractivity contribution is 5.95. The lowest BCUT2D eigenvalue weighted by atomic mass is 9.95. The van der Waals surface area contributed by atoms with Crippen molar-refractivity contribution in [1.29, 1.82) is 0 Å². The van der Waals surface area contributed by atoms with Crippen molar-refractivity contribution in [3.05, 3.63) is 71.4 Å². The summed E-state index contributed by atoms with van der Waals surface area (Å²) in [7, 11) is 1.99. The topological polar surface area (TPSA) is 70.7 Å². The van der Waals surface area contributed by atoms with Gasteiger partial charge in [0.15, 0.2) is 0 Å². The van der Waals surface area contributed by atoms with E-state index >= 15 is 0 Å². The minimum absolute atomic E-state index is 0.275. The molecule has 1 aliphatic heterocycles. The van der Waals surface area contributed by atoms with E-state index in [0.717, 1.165) is 16.9 Å². The maximum atomic E-state index is 12.4. The highest BCUT2D eigenvalue weighted by Gasteiger charge is 2.32. The van der Waals surface area contributed by atoms with Crippen molar-refractivity contribution >= 4 is 23.4 Å². The second-order valence-electron chi connectivity index (χ2n) is 6.28. The van der Waals surface area contributed by atoms with E-state index in [1.165, 1.54) is 0 Å². The van der Waals surface area contributed by atoms with Crippen molar-refractivity contribution in [1.82, 2.24) is 10.6 Å². The fraction of sp³-hybridized carbons (Fsp3) is 0.238. The van der Waals surface area contributed by atoms with Crippen LogP contribution in [0.15, 0.2) is 65.9 Å². The van der Waals surface area contributed by atoms with Crippen LogP contribution in [0.3, 0.4) is 0 Å². The zero-order chi connectivity index (χ0) is 19.4. The molecule has 2 aromatic carbocycles. The SMILES string of the molecule is CCOC(=O)C1=C(C)NC(=O)NC1c1ccc(N(C)c2ccccc2)cc1. The summed E-state index contributed by atoms with van der Waals surface area (Å²) in [4.78, 5) is 26.4. The molecule has 2 aromatic rings. The number of hydrogen-bond donors (Lipinski definition) is 2. The number of para-hydroxylation sites is 1. The van der Waals surface area contributed by atoms with Crippen molar-refractivity contribution < 1.29 is 14.3 Å². The van der Waals surface area contributed by atoms with E-state index in [0.29, 0.717) is 11.3 Å². The Labute approximate surface area is 158 Å². The fourth-order valence-corrected chi connectivity index (χ4v) is 3.11. The number of urea groups is 1. The zero-order valence-electron chi connectivity index (χ0n) is 15.7. The molecule has 1 aliphatic rings. The van der Waals surface area contributed by atoms with Crippen LogP contribution < -0.4 is 15.5 Å². The molecule has 6 heteroatoms. The first-order valence-electron chi connectivity index (χ1n) is 8.85. The molecule has 0 saturated heterocycles. The molecule has 2 amide bonds. The molecule has 1 unspecified atom stereocenters. The summed E-state index contributed by atoms with van der Waals surface area (Å²) in [5, 5.41) is 5.45. The number of carbonyl (C=O) groups is 2. The number of amides is 2. The van der Waals surface area contributed by atoms with Crippen LogP contribution in [0.1, 0.15) is 25.5 Å². The first kappa shape index (κ1) is 18.5. The van der Waals surface area contributed by atoms with Crippen molar-refractivity contribution in [3.63, 3.8) is 0 Å². The predicted octanol–water partition coefficient (Wildman–Crippen LogP) is 3.65. The summed E-state index contributed by atoms with van der Waals surface area (Å²) >= 11 is 0. The predicted molar refractivity (Wildman–Crippen MR) is 105 cm³/mol. The van der Waals surface area contributed by atoms with E-state index in [-0.39, 0.29) is 12.6 Å². The maximum Gasteiger partial charge on any atom is 0.338 e. The van der Waals surface area contributed by atoms with E-state index in [2.05, 4.69) is 15.5 Å². The summed E-state index contributed by atoms with van der Waals surface area (Å²) in [6.45, 7) is 3.73. The molecule has 6 nitrogen and oxygen atoms in total. The van der Waals surface area contributed by atoms with Crippen LogP contribution in [0.2, 0.25) is 0 Å². The van der Waals surface area contributed by atoms with Gasteiger partial charge in [0.25, 0.3) is 0 Å². The summed E-state index contributed by atoms with van der Waals surface area (Å²) < 4.78 is 5.16. The summed E-state index contributed by atoms with van der Waals surface area (Å²) in [6, 6.07) is 16.9. The number of nitrogens with one attached hydrogen (secondary N) is 2. The second-order valence-corrected chi connectivity index (χ2v) is 6.28. The second kappa shape index (κ2) is 7.95. The van der Waals surface area contributed by atoms with Gasteiger partial charge in [0.1, 0.15) is 0 Å². The number of ether oxygens (including phenoxy) is 1. The standard InChI is InChI=1S/C21H23N3O3/c1-4-27-20(25)18-14(2)22-21(26)23-19(18)15-10-12-17(13-11-15)24(3)16-8-6-5-7-9-16/h5-13,19H,4H2,1-3H3,(H2,22,23,26). The molecule has 0 saturated carbocycles. The van der Waals surface area contributed by atoms with Crippen LogP contribution in [0, 0.1) is 0 Å². The Bertz CT molecular complexity index is 860. The molecule has 1 atom stereocenters. The number of rotatable bonds is 5. The number of allylic oxidation sites excluding steroid dienone is 1. The molecular formula is C21H23N3O3. The summed E-state index contributed by atoms with van der Waals surface area (Å²) in [6.07, 6.45) is 0. The highest BCUT2D eigenvalue weighted by Crippen LogP contribution is 2.30. The monoisotopic (exact) mass is 365 g/mol. The van der Waals surface area contributed by atoms with Gasteiger partial charge < -0.3 is 20.3 Å². The molecule has 0 radical (unpaired) electrons. The molecule has 140 valence electrons. The lowest BCUT2D eigenvalue weighted by molar-refractivity contribution is -0.139. The van der Waals surface area contributed by atoms with Gasteiger partial charge in [-0.05, 0) is 43.7 Å². The normalized spacial score (nSPS) is 16.4. The smallest absolute Gasteiger partial charge is 0.338 e. The van der Waals surface area contributed by atoms with Crippen LogP contribution in [-0.2, 0) is 9.53 Å². The van der Waals surface area contributed by atoms with Gasteiger partial charge in [-0.3, -0.25) is 0 Å². The number of hydrogen-bond acceptors (Lipinski definition) is 4. The van der Waals surface area contributed by atoms with E-state index in [1.807, 2.05) is 61.6 Å². The number of anilines is 2. The number of carbonyl (C=O) groups excluding carboxylic acids is 2. The highest BCUT2D eigenvalue weighted by atomic mass is 16.5. The molecule has 0 spiro atoms. The van der Waals surface area contributed by atoms with Crippen LogP contribution in [-0.4, -0.2) is 25.7 Å². The Morgan fingerprint density at radius 2 is 1.70 bits per heavy atom. The Balaban J connectivity index is 1.89. The van der Waals surface area contributed by atoms with E-state index in [1.54, 1.807) is 13.8 Å². The molecule has 0 fully saturated rings. The average Bonchev–Trinajstić information content (AvgIpc) is 2.67. The van der Waals surface area contributed by atoms with Crippen molar-refractivity contribution in [2.75, 3.05) is 18.6 Å². The van der Waals surface area contributed by atoms with Gasteiger partial charge in [0.05, 0.1) is 18.2 Å². The average molecular weight is 365 g/mol. The quantitative estimate of drug-likeness (QED) is 0.794. The Hall–Kier alpha value is -3.28. The molecule has 0 aliphatic carbocycles. The number of benzene rings is 2. The van der Waals surface area contributed by atoms with Crippen LogP contribution in [0.25, 0.3) is 0 Å². The first-order chi connectivity index (χ1) is 13.0. The number of nitrogens with zero attached hydrogens (tertiary/aromatic N) is 1. The lowest BCUT2D eigenvalue weighted by Gasteiger charge is -2.28. The largest absolute Gasteiger partial charge is 0.463 e. The third kappa shape index (κ3) is 3.95. The summed E-state index contributed by atoms with van der Waals surface area (Å²) in [5.74, 6) is -0.432. The van der Waals surface area contributed by atoms with Gasteiger partial charge in [-0.2, -0.15) is 0 Å². The van der Waals surface area contributed by atoms with Crippen molar-refractivity contribution in [2.24, 2.45) is 0 Å². The van der Waals surface area contributed by atoms with Crippen LogP contribution >= 0.6 is 0 Å². The molecule has 0 aromatic heterocycles. The Morgan fingerprint density at radius 1 is 1.07 bits per heavy atom. The van der Waals surface area contributed by atoms with Crippen LogP contribution in [0.4, 0.5) is 16.2 Å². The third-order valence-electron chi connectivity index (χ3n) is 4.52. The van der Waals surface area contributed by atoms with Crippen LogP contribution in [0.5, 0.6) is 0 Å². The molecule has 0 bridgehead atoms. The minimum atomic E-state index is -0.547. The minimum Gasteiger partial charge on any atom is -0.463 e. The maximum absolute atomic E-state index is 12.4. The molecular weight excluding hydrogens is 342 g/mol. The van der Waals surface area contributed by atoms with E-state index in [9.17, 15) is 9.59 Å². The number of esters is 1. The van der Waals surface area contributed by atoms with Gasteiger partial charge >= 0.3 is 12.0 Å². The molecule has 2 N–H and O–H groups in total. The van der Waals surface area contributed by atoms with Crippen molar-refractivity contribution in [2.45, 2.75) is 19.9 Å². The first-order valence-corrected chi connectivity index (χ1v) is 8.85. The van der Waals surface area contributed by atoms with Gasteiger partial charge in [-0.25, -0.2) is 9.59 Å². The van der Waals surface area contributed by atoms with Crippen molar-refractivity contribution in [3.8, 4) is 0 Å². The Morgan fingerprint density at radius 3 is 2.33 bits per heavy atom. The third-order valence-corrected chi connectivity index (χ3v) is 4.52. The van der Waals surface area contributed by atoms with Gasteiger partial charge in [0, 0.05) is 24.1 Å².